The molecule has 2 N–H and O–H groups in total. The Labute approximate surface area is 221 Å². The Hall–Kier alpha value is -2.30. The fourth-order valence-electron chi connectivity index (χ4n) is 5.56. The average molecular weight is 646 g/mol. The molecule has 0 saturated heterocycles. The van der Waals surface area contributed by atoms with Crippen LogP contribution in [0.1, 0.15) is 51.0 Å². The molecule has 2 aliphatic carbocycles. The molecule has 2 aromatic heterocycles. The summed E-state index contributed by atoms with van der Waals surface area (Å²) in [5, 5.41) is 19.9. The number of nitrogens with zero attached hydrogens (tertiary/aromatic N) is 2. The number of benzene rings is 2. The second-order valence-electron chi connectivity index (χ2n) is 9.92. The van der Waals surface area contributed by atoms with E-state index in [1.807, 2.05) is 18.3 Å². The molecule has 2 atom stereocenters. The fraction of sp³-hybridized carbons (Fsp3) is 0.367. The van der Waals surface area contributed by atoms with E-state index in [2.05, 4.69) is 79.1 Å². The van der Waals surface area contributed by atoms with Gasteiger partial charge in [-0.2, -0.15) is 0 Å². The number of hydrogen-bond acceptors (Lipinski definition) is 3. The summed E-state index contributed by atoms with van der Waals surface area (Å²) in [6.07, 6.45) is 5.64. The summed E-state index contributed by atoms with van der Waals surface area (Å²) in [6, 6.07) is 26.5. The van der Waals surface area contributed by atoms with Crippen molar-refractivity contribution >= 4 is 10.9 Å². The SMILES string of the molecule is CC(C)c1ccc(-c2[c-]c3ccccc3n2-c2ccccc2)nc1.OC1CCC2CCC(O)C12.[Ir]. The minimum Gasteiger partial charge on any atom is -0.393 e. The zero-order valence-corrected chi connectivity index (χ0v) is 22.7. The third kappa shape index (κ3) is 5.29. The molecule has 0 spiro atoms. The summed E-state index contributed by atoms with van der Waals surface area (Å²) >= 11 is 0. The fourth-order valence-corrected chi connectivity index (χ4v) is 5.56. The van der Waals surface area contributed by atoms with E-state index in [-0.39, 0.29) is 38.2 Å². The largest absolute Gasteiger partial charge is 0.393 e. The van der Waals surface area contributed by atoms with Gasteiger partial charge in [0.1, 0.15) is 0 Å². The second-order valence-corrected chi connectivity index (χ2v) is 9.92. The molecule has 2 aromatic carbocycles. The van der Waals surface area contributed by atoms with Crippen LogP contribution < -0.4 is 0 Å². The van der Waals surface area contributed by atoms with Crippen LogP contribution in [0.5, 0.6) is 0 Å². The van der Waals surface area contributed by atoms with Crippen LogP contribution in [0.2, 0.25) is 0 Å². The number of aliphatic hydroxyl groups excluding tert-OH is 2. The van der Waals surface area contributed by atoms with Gasteiger partial charge in [0.2, 0.25) is 0 Å². The van der Waals surface area contributed by atoms with Crippen molar-refractivity contribution in [2.75, 3.05) is 0 Å². The Morgan fingerprint density at radius 3 is 2.11 bits per heavy atom. The van der Waals surface area contributed by atoms with Gasteiger partial charge in [-0.3, -0.25) is 0 Å². The van der Waals surface area contributed by atoms with Gasteiger partial charge in [-0.25, -0.2) is 0 Å². The Morgan fingerprint density at radius 2 is 1.51 bits per heavy atom. The molecule has 0 bridgehead atoms. The quantitative estimate of drug-likeness (QED) is 0.263. The molecule has 0 aliphatic heterocycles. The van der Waals surface area contributed by atoms with Gasteiger partial charge in [-0.1, -0.05) is 56.3 Å². The van der Waals surface area contributed by atoms with E-state index < -0.39 is 0 Å². The number of hydrogen-bond donors (Lipinski definition) is 2. The van der Waals surface area contributed by atoms with Crippen LogP contribution in [0.15, 0.2) is 72.9 Å². The van der Waals surface area contributed by atoms with Crippen LogP contribution >= 0.6 is 0 Å². The molecule has 35 heavy (non-hydrogen) atoms. The summed E-state index contributed by atoms with van der Waals surface area (Å²) in [6.45, 7) is 4.37. The van der Waals surface area contributed by atoms with Gasteiger partial charge in [-0.05, 0) is 66.4 Å². The monoisotopic (exact) mass is 646 g/mol. The zero-order chi connectivity index (χ0) is 23.7. The van der Waals surface area contributed by atoms with Crippen LogP contribution in [0.4, 0.5) is 0 Å². The van der Waals surface area contributed by atoms with Crippen LogP contribution in [0.3, 0.4) is 0 Å². The van der Waals surface area contributed by atoms with Crippen molar-refractivity contribution in [1.82, 2.24) is 9.55 Å². The standard InChI is InChI=1S/C22H19N2.C8H14O2.Ir/c1-16(2)18-12-13-20(23-15-18)22-14-17-8-6-7-11-21(17)24(22)19-9-4-3-5-10-19;9-6-3-1-5-2-4-7(10)8(5)6;/h3-13,15-16H,1-2H3;5-10H,1-4H2;/q-1;;. The van der Waals surface area contributed by atoms with Crippen molar-refractivity contribution < 1.29 is 30.3 Å². The minimum atomic E-state index is -0.206. The molecule has 1 radical (unpaired) electrons. The predicted octanol–water partition coefficient (Wildman–Crippen LogP) is 6.14. The van der Waals surface area contributed by atoms with Crippen molar-refractivity contribution in [3.63, 3.8) is 0 Å². The van der Waals surface area contributed by atoms with Crippen molar-refractivity contribution in [2.45, 2.75) is 57.7 Å². The third-order valence-corrected chi connectivity index (χ3v) is 7.43. The second kappa shape index (κ2) is 11.2. The first-order chi connectivity index (χ1) is 16.5. The first kappa shape index (κ1) is 25.8. The molecule has 185 valence electrons. The van der Waals surface area contributed by atoms with Gasteiger partial charge in [0.25, 0.3) is 0 Å². The van der Waals surface area contributed by atoms with Gasteiger partial charge < -0.3 is 19.8 Å². The number of aliphatic hydroxyl groups is 2. The van der Waals surface area contributed by atoms with Gasteiger partial charge in [-0.15, -0.1) is 23.6 Å². The Morgan fingerprint density at radius 1 is 0.857 bits per heavy atom. The van der Waals surface area contributed by atoms with E-state index in [9.17, 15) is 10.2 Å². The van der Waals surface area contributed by atoms with Crippen LogP contribution in [0, 0.1) is 17.9 Å². The van der Waals surface area contributed by atoms with Gasteiger partial charge >= 0.3 is 0 Å². The number of rotatable bonds is 3. The smallest absolute Gasteiger partial charge is 0.0595 e. The molecular weight excluding hydrogens is 613 g/mol. The Bertz CT molecular complexity index is 1220. The Balaban J connectivity index is 0.000000220. The predicted molar refractivity (Wildman–Crippen MR) is 137 cm³/mol. The van der Waals surface area contributed by atoms with Crippen LogP contribution in [-0.4, -0.2) is 32.0 Å². The Kier molecular flexibility index (Phi) is 8.23. The van der Waals surface area contributed by atoms with Crippen molar-refractivity contribution in [3.05, 3.63) is 84.6 Å². The molecule has 4 aromatic rings. The van der Waals surface area contributed by atoms with E-state index in [1.165, 1.54) is 5.56 Å². The maximum atomic E-state index is 9.41. The first-order valence-corrected chi connectivity index (χ1v) is 12.4. The average Bonchev–Trinajstić information content (AvgIpc) is 3.55. The van der Waals surface area contributed by atoms with E-state index in [4.69, 9.17) is 4.98 Å². The molecular formula is C30H33IrN2O2-. The van der Waals surface area contributed by atoms with Gasteiger partial charge in [0, 0.05) is 43.6 Å². The summed E-state index contributed by atoms with van der Waals surface area (Å²) in [4.78, 5) is 4.70. The molecule has 6 rings (SSSR count). The molecule has 2 heterocycles. The van der Waals surface area contributed by atoms with Crippen molar-refractivity contribution in [2.24, 2.45) is 11.8 Å². The van der Waals surface area contributed by atoms with E-state index >= 15 is 0 Å². The molecule has 4 nitrogen and oxygen atoms in total. The number of aromatic nitrogens is 2. The maximum Gasteiger partial charge on any atom is 0.0595 e. The van der Waals surface area contributed by atoms with E-state index in [1.54, 1.807) is 0 Å². The minimum absolute atomic E-state index is 0. The molecule has 2 unspecified atom stereocenters. The topological polar surface area (TPSA) is 58.3 Å². The van der Waals surface area contributed by atoms with E-state index in [0.717, 1.165) is 53.7 Å². The third-order valence-electron chi connectivity index (χ3n) is 7.43. The van der Waals surface area contributed by atoms with E-state index in [0.29, 0.717) is 11.8 Å². The van der Waals surface area contributed by atoms with Crippen molar-refractivity contribution in [3.8, 4) is 17.1 Å². The molecule has 2 saturated carbocycles. The first-order valence-electron chi connectivity index (χ1n) is 12.4. The molecule has 0 amide bonds. The molecule has 5 heteroatoms. The summed E-state index contributed by atoms with van der Waals surface area (Å²) in [5.74, 6) is 1.33. The normalized spacial score (nSPS) is 23.0. The number of para-hydroxylation sites is 2. The van der Waals surface area contributed by atoms with Crippen LogP contribution in [-0.2, 0) is 20.1 Å². The number of fused-ring (bicyclic) bond motifs is 2. The zero-order valence-electron chi connectivity index (χ0n) is 20.3. The van der Waals surface area contributed by atoms with Gasteiger partial charge in [0.15, 0.2) is 0 Å². The van der Waals surface area contributed by atoms with Gasteiger partial charge in [0.05, 0.1) is 12.2 Å². The summed E-state index contributed by atoms with van der Waals surface area (Å²) in [7, 11) is 0. The molecule has 2 fully saturated rings. The van der Waals surface area contributed by atoms with Crippen LogP contribution in [0.25, 0.3) is 28.0 Å². The summed E-state index contributed by atoms with van der Waals surface area (Å²) < 4.78 is 2.23. The molecule has 2 aliphatic rings. The van der Waals surface area contributed by atoms with Crippen molar-refractivity contribution in [1.29, 1.82) is 0 Å². The number of pyridine rings is 1. The maximum absolute atomic E-state index is 9.41. The summed E-state index contributed by atoms with van der Waals surface area (Å²) in [5.41, 5.74) is 5.46.